The molecule has 2 N–H and O–H groups in total. The largest absolute Gasteiger partial charge is 0.387 e. The summed E-state index contributed by atoms with van der Waals surface area (Å²) in [4.78, 5) is 15.7. The normalized spacial score (nSPS) is 11.9. The molecule has 0 aliphatic rings. The lowest BCUT2D eigenvalue weighted by atomic mass is 10.1. The van der Waals surface area contributed by atoms with Gasteiger partial charge in [-0.15, -0.1) is 0 Å². The maximum absolute atomic E-state index is 11.8. The predicted molar refractivity (Wildman–Crippen MR) is 78.0 cm³/mol. The zero-order valence-corrected chi connectivity index (χ0v) is 11.9. The van der Waals surface area contributed by atoms with Crippen LogP contribution in [0.3, 0.4) is 0 Å². The van der Waals surface area contributed by atoms with Crippen molar-refractivity contribution in [3.63, 3.8) is 0 Å². The molecule has 2 rings (SSSR count). The summed E-state index contributed by atoms with van der Waals surface area (Å²) in [5, 5.41) is 13.6. The van der Waals surface area contributed by atoms with Crippen LogP contribution in [-0.4, -0.2) is 22.5 Å². The van der Waals surface area contributed by atoms with E-state index >= 15 is 0 Å². The molecule has 1 aromatic heterocycles. The lowest BCUT2D eigenvalue weighted by Crippen LogP contribution is -2.29. The molecule has 1 atom stereocenters. The van der Waals surface area contributed by atoms with Crippen molar-refractivity contribution >= 4 is 29.1 Å². The molecule has 1 heterocycles. The Morgan fingerprint density at radius 3 is 2.55 bits per heavy atom. The van der Waals surface area contributed by atoms with E-state index in [0.717, 1.165) is 0 Å². The Labute approximate surface area is 126 Å². The highest BCUT2D eigenvalue weighted by atomic mass is 35.5. The Morgan fingerprint density at radius 1 is 1.20 bits per heavy atom. The zero-order valence-electron chi connectivity index (χ0n) is 10.4. The first-order chi connectivity index (χ1) is 9.56. The van der Waals surface area contributed by atoms with E-state index in [4.69, 9.17) is 23.2 Å². The van der Waals surface area contributed by atoms with Crippen molar-refractivity contribution in [2.24, 2.45) is 0 Å². The van der Waals surface area contributed by atoms with Gasteiger partial charge in [-0.05, 0) is 29.8 Å². The summed E-state index contributed by atoms with van der Waals surface area (Å²) in [6.45, 7) is 0.0780. The molecular formula is C14H12Cl2N2O2. The van der Waals surface area contributed by atoms with Crippen molar-refractivity contribution in [3.8, 4) is 0 Å². The Kier molecular flexibility index (Phi) is 4.95. The third-order valence-electron chi connectivity index (χ3n) is 2.67. The molecular weight excluding hydrogens is 299 g/mol. The second-order valence-electron chi connectivity index (χ2n) is 4.14. The topological polar surface area (TPSA) is 62.2 Å². The van der Waals surface area contributed by atoms with E-state index in [1.54, 1.807) is 30.3 Å². The number of nitrogens with one attached hydrogen (secondary N) is 1. The van der Waals surface area contributed by atoms with E-state index in [9.17, 15) is 9.90 Å². The second kappa shape index (κ2) is 6.70. The number of pyridine rings is 1. The SMILES string of the molecule is O=C(NCC(O)c1ccc(Cl)cc1)c1cc(Cl)ccn1. The standard InChI is InChI=1S/C14H12Cl2N2O2/c15-10-3-1-9(2-4-10)13(19)8-18-14(20)12-7-11(16)5-6-17-12/h1-7,13,19H,8H2,(H,18,20). The van der Waals surface area contributed by atoms with Crippen molar-refractivity contribution in [3.05, 3.63) is 63.9 Å². The molecule has 0 saturated heterocycles. The number of halogens is 2. The smallest absolute Gasteiger partial charge is 0.270 e. The van der Waals surface area contributed by atoms with E-state index in [0.29, 0.717) is 15.6 Å². The monoisotopic (exact) mass is 310 g/mol. The molecule has 0 bridgehead atoms. The van der Waals surface area contributed by atoms with E-state index in [1.807, 2.05) is 0 Å². The van der Waals surface area contributed by atoms with Gasteiger partial charge >= 0.3 is 0 Å². The summed E-state index contributed by atoms with van der Waals surface area (Å²) in [6, 6.07) is 9.82. The van der Waals surface area contributed by atoms with Crippen LogP contribution in [0.5, 0.6) is 0 Å². The van der Waals surface area contributed by atoms with Gasteiger partial charge in [0.25, 0.3) is 5.91 Å². The van der Waals surface area contributed by atoms with Gasteiger partial charge in [0.05, 0.1) is 6.10 Å². The molecule has 0 radical (unpaired) electrons. The number of nitrogens with zero attached hydrogens (tertiary/aromatic N) is 1. The summed E-state index contributed by atoms with van der Waals surface area (Å²) >= 11 is 11.5. The molecule has 1 unspecified atom stereocenters. The Hall–Kier alpha value is -1.62. The maximum atomic E-state index is 11.8. The zero-order chi connectivity index (χ0) is 14.5. The van der Waals surface area contributed by atoms with Crippen LogP contribution in [-0.2, 0) is 0 Å². The van der Waals surface area contributed by atoms with Gasteiger partial charge in [0.2, 0.25) is 0 Å². The average molecular weight is 311 g/mol. The number of carbonyl (C=O) groups excluding carboxylic acids is 1. The molecule has 2 aromatic rings. The minimum atomic E-state index is -0.810. The number of aliphatic hydroxyl groups is 1. The summed E-state index contributed by atoms with van der Waals surface area (Å²) in [6.07, 6.45) is 0.641. The summed E-state index contributed by atoms with van der Waals surface area (Å²) < 4.78 is 0. The number of aromatic nitrogens is 1. The Balaban J connectivity index is 1.94. The van der Waals surface area contributed by atoms with Crippen molar-refractivity contribution in [1.29, 1.82) is 0 Å². The fourth-order valence-electron chi connectivity index (χ4n) is 1.61. The quantitative estimate of drug-likeness (QED) is 0.912. The van der Waals surface area contributed by atoms with Crippen LogP contribution in [0.15, 0.2) is 42.6 Å². The van der Waals surface area contributed by atoms with Gasteiger partial charge in [0.15, 0.2) is 0 Å². The number of amides is 1. The van der Waals surface area contributed by atoms with Crippen LogP contribution in [0.25, 0.3) is 0 Å². The molecule has 0 spiro atoms. The molecule has 104 valence electrons. The number of aliphatic hydroxyl groups excluding tert-OH is 1. The summed E-state index contributed by atoms with van der Waals surface area (Å²) in [7, 11) is 0. The van der Waals surface area contributed by atoms with Crippen LogP contribution >= 0.6 is 23.2 Å². The first-order valence-corrected chi connectivity index (χ1v) is 6.65. The second-order valence-corrected chi connectivity index (χ2v) is 5.01. The fraction of sp³-hybridized carbons (Fsp3) is 0.143. The van der Waals surface area contributed by atoms with Crippen molar-refractivity contribution in [2.75, 3.05) is 6.54 Å². The minimum absolute atomic E-state index is 0.0780. The number of benzene rings is 1. The van der Waals surface area contributed by atoms with Crippen LogP contribution in [0, 0.1) is 0 Å². The van der Waals surface area contributed by atoms with Crippen molar-refractivity contribution < 1.29 is 9.90 Å². The average Bonchev–Trinajstić information content (AvgIpc) is 2.45. The molecule has 1 aromatic carbocycles. The number of hydrogen-bond acceptors (Lipinski definition) is 3. The van der Waals surface area contributed by atoms with Crippen LogP contribution < -0.4 is 5.32 Å². The van der Waals surface area contributed by atoms with Crippen LogP contribution in [0.1, 0.15) is 22.2 Å². The highest BCUT2D eigenvalue weighted by molar-refractivity contribution is 6.31. The van der Waals surface area contributed by atoms with Crippen LogP contribution in [0.2, 0.25) is 10.0 Å². The first kappa shape index (κ1) is 14.8. The summed E-state index contributed by atoms with van der Waals surface area (Å²) in [5.74, 6) is -0.388. The molecule has 1 amide bonds. The highest BCUT2D eigenvalue weighted by Gasteiger charge is 2.12. The van der Waals surface area contributed by atoms with Crippen molar-refractivity contribution in [2.45, 2.75) is 6.10 Å². The lowest BCUT2D eigenvalue weighted by Gasteiger charge is -2.12. The number of rotatable bonds is 4. The van der Waals surface area contributed by atoms with E-state index < -0.39 is 6.10 Å². The van der Waals surface area contributed by atoms with Gasteiger partial charge in [0.1, 0.15) is 5.69 Å². The van der Waals surface area contributed by atoms with E-state index in [-0.39, 0.29) is 18.1 Å². The number of hydrogen-bond donors (Lipinski definition) is 2. The summed E-state index contributed by atoms with van der Waals surface area (Å²) in [5.41, 5.74) is 0.884. The van der Waals surface area contributed by atoms with Crippen molar-refractivity contribution in [1.82, 2.24) is 10.3 Å². The van der Waals surface area contributed by atoms with Gasteiger partial charge in [-0.25, -0.2) is 0 Å². The minimum Gasteiger partial charge on any atom is -0.387 e. The Morgan fingerprint density at radius 2 is 1.90 bits per heavy atom. The maximum Gasteiger partial charge on any atom is 0.270 e. The van der Waals surface area contributed by atoms with Gasteiger partial charge in [0, 0.05) is 22.8 Å². The molecule has 0 saturated carbocycles. The van der Waals surface area contributed by atoms with Crippen LogP contribution in [0.4, 0.5) is 0 Å². The highest BCUT2D eigenvalue weighted by Crippen LogP contribution is 2.16. The first-order valence-electron chi connectivity index (χ1n) is 5.89. The molecule has 20 heavy (non-hydrogen) atoms. The van der Waals surface area contributed by atoms with Gasteiger partial charge < -0.3 is 10.4 Å². The van der Waals surface area contributed by atoms with Gasteiger partial charge in [-0.1, -0.05) is 35.3 Å². The molecule has 0 fully saturated rings. The molecule has 0 aliphatic heterocycles. The van der Waals surface area contributed by atoms with E-state index in [1.165, 1.54) is 12.3 Å². The predicted octanol–water partition coefficient (Wildman–Crippen LogP) is 2.85. The number of carbonyl (C=O) groups is 1. The third kappa shape index (κ3) is 3.93. The molecule has 4 nitrogen and oxygen atoms in total. The van der Waals surface area contributed by atoms with E-state index in [2.05, 4.69) is 10.3 Å². The lowest BCUT2D eigenvalue weighted by molar-refractivity contribution is 0.0911. The fourth-order valence-corrected chi connectivity index (χ4v) is 1.90. The third-order valence-corrected chi connectivity index (χ3v) is 3.15. The Bertz CT molecular complexity index is 602. The molecule has 6 heteroatoms. The van der Waals surface area contributed by atoms with Gasteiger partial charge in [-0.2, -0.15) is 0 Å². The van der Waals surface area contributed by atoms with Gasteiger partial charge in [-0.3, -0.25) is 9.78 Å². The molecule has 0 aliphatic carbocycles.